The van der Waals surface area contributed by atoms with Gasteiger partial charge in [-0.1, -0.05) is 30.3 Å². The molecule has 1 heterocycles. The fourth-order valence-electron chi connectivity index (χ4n) is 1.53. The molecule has 0 saturated heterocycles. The summed E-state index contributed by atoms with van der Waals surface area (Å²) in [5, 5.41) is 2.82. The predicted molar refractivity (Wildman–Crippen MR) is 65.6 cm³/mol. The van der Waals surface area contributed by atoms with E-state index in [1.165, 1.54) is 5.56 Å². The molecular formula is C13H13NOS. The number of benzene rings is 1. The standard InChI is InChI=1S/C13H13NOS/c15-12(10-13-14-8-9-16-13)7-6-11-4-2-1-3-5-11/h1-5,8-9H,6-7,10H2. The van der Waals surface area contributed by atoms with Gasteiger partial charge in [-0.3, -0.25) is 4.79 Å². The van der Waals surface area contributed by atoms with E-state index in [9.17, 15) is 4.79 Å². The van der Waals surface area contributed by atoms with E-state index in [2.05, 4.69) is 17.1 Å². The van der Waals surface area contributed by atoms with Crippen molar-refractivity contribution in [3.63, 3.8) is 0 Å². The summed E-state index contributed by atoms with van der Waals surface area (Å²) in [7, 11) is 0. The zero-order chi connectivity index (χ0) is 11.2. The van der Waals surface area contributed by atoms with E-state index in [1.807, 2.05) is 23.6 Å². The molecule has 0 radical (unpaired) electrons. The number of carbonyl (C=O) groups excluding carboxylic acids is 1. The number of aromatic nitrogens is 1. The van der Waals surface area contributed by atoms with Gasteiger partial charge in [0.2, 0.25) is 0 Å². The summed E-state index contributed by atoms with van der Waals surface area (Å²) >= 11 is 1.54. The third-order valence-electron chi connectivity index (χ3n) is 2.37. The molecule has 82 valence electrons. The molecule has 0 fully saturated rings. The Hall–Kier alpha value is -1.48. The number of aryl methyl sites for hydroxylation is 1. The lowest BCUT2D eigenvalue weighted by atomic mass is 10.1. The van der Waals surface area contributed by atoms with Crippen molar-refractivity contribution in [3.8, 4) is 0 Å². The average molecular weight is 231 g/mol. The van der Waals surface area contributed by atoms with E-state index in [-0.39, 0.29) is 5.78 Å². The summed E-state index contributed by atoms with van der Waals surface area (Å²) in [5.41, 5.74) is 1.22. The van der Waals surface area contributed by atoms with Crippen LogP contribution >= 0.6 is 11.3 Å². The van der Waals surface area contributed by atoms with Crippen molar-refractivity contribution in [3.05, 3.63) is 52.5 Å². The van der Waals surface area contributed by atoms with Crippen LogP contribution in [0.1, 0.15) is 17.0 Å². The number of carbonyl (C=O) groups is 1. The van der Waals surface area contributed by atoms with Gasteiger partial charge in [-0.15, -0.1) is 11.3 Å². The number of rotatable bonds is 5. The van der Waals surface area contributed by atoms with Crippen LogP contribution in [0.15, 0.2) is 41.9 Å². The monoisotopic (exact) mass is 231 g/mol. The number of hydrogen-bond acceptors (Lipinski definition) is 3. The smallest absolute Gasteiger partial charge is 0.140 e. The second-order valence-corrected chi connectivity index (χ2v) is 4.61. The average Bonchev–Trinajstić information content (AvgIpc) is 2.81. The van der Waals surface area contributed by atoms with Crippen molar-refractivity contribution < 1.29 is 4.79 Å². The van der Waals surface area contributed by atoms with E-state index in [0.717, 1.165) is 11.4 Å². The van der Waals surface area contributed by atoms with Crippen molar-refractivity contribution >= 4 is 17.1 Å². The Bertz CT molecular complexity index is 436. The van der Waals surface area contributed by atoms with E-state index in [4.69, 9.17) is 0 Å². The van der Waals surface area contributed by atoms with E-state index >= 15 is 0 Å². The van der Waals surface area contributed by atoms with Crippen molar-refractivity contribution in [1.82, 2.24) is 4.98 Å². The Balaban J connectivity index is 1.80. The molecule has 0 aliphatic carbocycles. The first-order valence-electron chi connectivity index (χ1n) is 5.28. The lowest BCUT2D eigenvalue weighted by molar-refractivity contribution is -0.118. The fraction of sp³-hybridized carbons (Fsp3) is 0.231. The van der Waals surface area contributed by atoms with Crippen LogP contribution in [-0.4, -0.2) is 10.8 Å². The van der Waals surface area contributed by atoms with Crippen LogP contribution in [0.3, 0.4) is 0 Å². The van der Waals surface area contributed by atoms with Gasteiger partial charge in [0.05, 0.1) is 11.4 Å². The first kappa shape index (κ1) is 11.0. The van der Waals surface area contributed by atoms with Gasteiger partial charge in [0.1, 0.15) is 5.78 Å². The van der Waals surface area contributed by atoms with E-state index in [1.54, 1.807) is 17.5 Å². The quantitative estimate of drug-likeness (QED) is 0.792. The summed E-state index contributed by atoms with van der Waals surface area (Å²) < 4.78 is 0. The SMILES string of the molecule is O=C(CCc1ccccc1)Cc1nccs1. The molecule has 0 bridgehead atoms. The van der Waals surface area contributed by atoms with Gasteiger partial charge < -0.3 is 0 Å². The molecule has 0 N–H and O–H groups in total. The molecule has 2 aromatic rings. The van der Waals surface area contributed by atoms with Gasteiger partial charge in [0.25, 0.3) is 0 Å². The summed E-state index contributed by atoms with van der Waals surface area (Å²) in [6, 6.07) is 10.1. The van der Waals surface area contributed by atoms with Crippen molar-refractivity contribution in [1.29, 1.82) is 0 Å². The maximum atomic E-state index is 11.7. The van der Waals surface area contributed by atoms with Crippen molar-refractivity contribution in [2.45, 2.75) is 19.3 Å². The van der Waals surface area contributed by atoms with Crippen LogP contribution in [0.2, 0.25) is 0 Å². The fourth-order valence-corrected chi connectivity index (χ4v) is 2.17. The Labute approximate surface area is 99.0 Å². The van der Waals surface area contributed by atoms with Gasteiger partial charge in [0, 0.05) is 18.0 Å². The molecule has 0 amide bonds. The maximum Gasteiger partial charge on any atom is 0.140 e. The molecule has 2 nitrogen and oxygen atoms in total. The minimum absolute atomic E-state index is 0.263. The molecule has 0 aliphatic heterocycles. The molecule has 16 heavy (non-hydrogen) atoms. The topological polar surface area (TPSA) is 30.0 Å². The van der Waals surface area contributed by atoms with Crippen LogP contribution in [0, 0.1) is 0 Å². The highest BCUT2D eigenvalue weighted by molar-refractivity contribution is 7.09. The minimum atomic E-state index is 0.263. The van der Waals surface area contributed by atoms with E-state index < -0.39 is 0 Å². The third kappa shape index (κ3) is 3.28. The second-order valence-electron chi connectivity index (χ2n) is 3.63. The second kappa shape index (κ2) is 5.56. The molecule has 0 unspecified atom stereocenters. The van der Waals surface area contributed by atoms with Crippen LogP contribution in [0.5, 0.6) is 0 Å². The van der Waals surface area contributed by atoms with Crippen molar-refractivity contribution in [2.75, 3.05) is 0 Å². The van der Waals surface area contributed by atoms with Gasteiger partial charge in [-0.05, 0) is 12.0 Å². The Morgan fingerprint density at radius 1 is 1.25 bits per heavy atom. The Kier molecular flexibility index (Phi) is 3.83. The number of hydrogen-bond donors (Lipinski definition) is 0. The first-order valence-corrected chi connectivity index (χ1v) is 6.16. The zero-order valence-corrected chi connectivity index (χ0v) is 9.74. The number of thiazole rings is 1. The van der Waals surface area contributed by atoms with Crippen molar-refractivity contribution in [2.24, 2.45) is 0 Å². The van der Waals surface area contributed by atoms with E-state index in [0.29, 0.717) is 12.8 Å². The first-order chi connectivity index (χ1) is 7.84. The molecule has 0 saturated carbocycles. The number of nitrogens with zero attached hydrogens (tertiary/aromatic N) is 1. The molecule has 0 spiro atoms. The lowest BCUT2D eigenvalue weighted by Crippen LogP contribution is -2.03. The highest BCUT2D eigenvalue weighted by Crippen LogP contribution is 2.08. The molecule has 0 aliphatic rings. The Morgan fingerprint density at radius 3 is 2.75 bits per heavy atom. The van der Waals surface area contributed by atoms with Crippen LogP contribution in [0.4, 0.5) is 0 Å². The van der Waals surface area contributed by atoms with Crippen LogP contribution in [-0.2, 0) is 17.6 Å². The highest BCUT2D eigenvalue weighted by atomic mass is 32.1. The molecule has 0 atom stereocenters. The molecule has 2 rings (SSSR count). The maximum absolute atomic E-state index is 11.7. The molecule has 1 aromatic heterocycles. The summed E-state index contributed by atoms with van der Waals surface area (Å²) in [6.07, 6.45) is 3.64. The van der Waals surface area contributed by atoms with Gasteiger partial charge in [-0.2, -0.15) is 0 Å². The number of Topliss-reactive ketones (excluding diaryl/α,β-unsaturated/α-hetero) is 1. The largest absolute Gasteiger partial charge is 0.299 e. The van der Waals surface area contributed by atoms with Crippen LogP contribution in [0.25, 0.3) is 0 Å². The zero-order valence-electron chi connectivity index (χ0n) is 8.93. The predicted octanol–water partition coefficient (Wildman–Crippen LogP) is 2.89. The van der Waals surface area contributed by atoms with Gasteiger partial charge >= 0.3 is 0 Å². The molecule has 1 aromatic carbocycles. The normalized spacial score (nSPS) is 10.2. The minimum Gasteiger partial charge on any atom is -0.299 e. The Morgan fingerprint density at radius 2 is 2.06 bits per heavy atom. The summed E-state index contributed by atoms with van der Waals surface area (Å²) in [5.74, 6) is 0.263. The summed E-state index contributed by atoms with van der Waals surface area (Å²) in [6.45, 7) is 0. The number of ketones is 1. The highest BCUT2D eigenvalue weighted by Gasteiger charge is 2.05. The van der Waals surface area contributed by atoms with Gasteiger partial charge in [0.15, 0.2) is 0 Å². The van der Waals surface area contributed by atoms with Crippen LogP contribution < -0.4 is 0 Å². The molecular weight excluding hydrogens is 218 g/mol. The third-order valence-corrected chi connectivity index (χ3v) is 3.15. The lowest BCUT2D eigenvalue weighted by Gasteiger charge is -1.99. The van der Waals surface area contributed by atoms with Gasteiger partial charge in [-0.25, -0.2) is 4.98 Å². The molecule has 3 heteroatoms. The summed E-state index contributed by atoms with van der Waals surface area (Å²) in [4.78, 5) is 15.8.